The minimum atomic E-state index is -2.99. The number of carbonyl (C=O) groups excluding carboxylic acids is 1. The van der Waals surface area contributed by atoms with Crippen LogP contribution in [0.3, 0.4) is 0 Å². The first kappa shape index (κ1) is 18.8. The fourth-order valence-electron chi connectivity index (χ4n) is 2.10. The van der Waals surface area contributed by atoms with Crippen LogP contribution in [0.25, 0.3) is 0 Å². The number of nitrogens with zero attached hydrogens (tertiary/aromatic N) is 1. The van der Waals surface area contributed by atoms with Crippen molar-refractivity contribution in [1.29, 1.82) is 0 Å². The summed E-state index contributed by atoms with van der Waals surface area (Å²) in [5.41, 5.74) is 1.21. The van der Waals surface area contributed by atoms with Gasteiger partial charge in [0.1, 0.15) is 0 Å². The van der Waals surface area contributed by atoms with Crippen LogP contribution in [-0.2, 0) is 6.54 Å². The summed E-state index contributed by atoms with van der Waals surface area (Å²) >= 11 is 5.83. The molecule has 134 valence electrons. The Labute approximate surface area is 149 Å². The van der Waals surface area contributed by atoms with E-state index in [2.05, 4.69) is 10.1 Å². The molecule has 0 radical (unpaired) electrons. The highest BCUT2D eigenvalue weighted by molar-refractivity contribution is 6.30. The molecule has 2 rings (SSSR count). The number of rotatable bonds is 6. The zero-order chi connectivity index (χ0) is 18.4. The number of amides is 2. The van der Waals surface area contributed by atoms with Gasteiger partial charge in [0, 0.05) is 30.4 Å². The predicted octanol–water partition coefficient (Wildman–Crippen LogP) is 4.61. The number of ether oxygens (including phenoxy) is 2. The summed E-state index contributed by atoms with van der Waals surface area (Å²) in [6.07, 6.45) is 0. The van der Waals surface area contributed by atoms with Gasteiger partial charge in [-0.05, 0) is 29.8 Å². The normalized spacial score (nSPS) is 10.5. The van der Waals surface area contributed by atoms with Gasteiger partial charge in [-0.1, -0.05) is 23.7 Å². The second-order valence-corrected chi connectivity index (χ2v) is 5.59. The third-order valence-electron chi connectivity index (χ3n) is 3.31. The Hall–Kier alpha value is -2.54. The smallest absolute Gasteiger partial charge is 0.387 e. The van der Waals surface area contributed by atoms with Gasteiger partial charge in [0.15, 0.2) is 11.5 Å². The van der Waals surface area contributed by atoms with Gasteiger partial charge >= 0.3 is 12.6 Å². The molecule has 0 atom stereocenters. The molecule has 0 saturated heterocycles. The molecule has 25 heavy (non-hydrogen) atoms. The maximum Gasteiger partial charge on any atom is 0.387 e. The number of methoxy groups -OCH3 is 1. The lowest BCUT2D eigenvalue weighted by Gasteiger charge is -2.19. The predicted molar refractivity (Wildman–Crippen MR) is 91.6 cm³/mol. The van der Waals surface area contributed by atoms with Crippen LogP contribution in [0.4, 0.5) is 19.3 Å². The zero-order valence-electron chi connectivity index (χ0n) is 13.6. The van der Waals surface area contributed by atoms with Crippen molar-refractivity contribution in [3.05, 3.63) is 53.1 Å². The van der Waals surface area contributed by atoms with E-state index in [-0.39, 0.29) is 11.5 Å². The van der Waals surface area contributed by atoms with Crippen LogP contribution in [0.15, 0.2) is 42.5 Å². The summed E-state index contributed by atoms with van der Waals surface area (Å²) in [4.78, 5) is 13.7. The Kier molecular flexibility index (Phi) is 6.41. The summed E-state index contributed by atoms with van der Waals surface area (Å²) in [6, 6.07) is 10.9. The van der Waals surface area contributed by atoms with E-state index < -0.39 is 12.6 Å². The summed E-state index contributed by atoms with van der Waals surface area (Å²) in [5, 5.41) is 3.23. The van der Waals surface area contributed by atoms with Crippen molar-refractivity contribution in [3.63, 3.8) is 0 Å². The molecule has 0 aliphatic heterocycles. The number of hydrogen-bond donors (Lipinski definition) is 1. The minimum absolute atomic E-state index is 0.146. The lowest BCUT2D eigenvalue weighted by Crippen LogP contribution is -2.30. The Morgan fingerprint density at radius 3 is 2.48 bits per heavy atom. The van der Waals surface area contributed by atoms with Crippen molar-refractivity contribution in [2.24, 2.45) is 0 Å². The van der Waals surface area contributed by atoms with Crippen molar-refractivity contribution in [1.82, 2.24) is 4.90 Å². The molecule has 2 aromatic rings. The molecule has 0 aliphatic rings. The number of carbonyl (C=O) groups is 1. The standard InChI is InChI=1S/C17H17ClF2N2O3/c1-22(10-11-3-5-12(18)6-4-11)17(23)21-13-7-8-14(24-2)15(9-13)25-16(19)20/h3-9,16H,10H2,1-2H3,(H,21,23). The van der Waals surface area contributed by atoms with E-state index in [0.29, 0.717) is 17.3 Å². The Bertz CT molecular complexity index is 726. The molecule has 0 bridgehead atoms. The van der Waals surface area contributed by atoms with Crippen molar-refractivity contribution < 1.29 is 23.0 Å². The van der Waals surface area contributed by atoms with Crippen molar-refractivity contribution in [2.75, 3.05) is 19.5 Å². The minimum Gasteiger partial charge on any atom is -0.493 e. The molecule has 0 heterocycles. The fraction of sp³-hybridized carbons (Fsp3) is 0.235. The summed E-state index contributed by atoms with van der Waals surface area (Å²) in [7, 11) is 2.95. The highest BCUT2D eigenvalue weighted by Crippen LogP contribution is 2.31. The van der Waals surface area contributed by atoms with E-state index in [1.807, 2.05) is 12.1 Å². The molecule has 0 spiro atoms. The Morgan fingerprint density at radius 2 is 1.88 bits per heavy atom. The van der Waals surface area contributed by atoms with Gasteiger partial charge in [0.2, 0.25) is 0 Å². The van der Waals surface area contributed by atoms with Gasteiger partial charge < -0.3 is 19.7 Å². The summed E-state index contributed by atoms with van der Waals surface area (Å²) < 4.78 is 34.2. The number of nitrogens with one attached hydrogen (secondary N) is 1. The quantitative estimate of drug-likeness (QED) is 0.807. The average Bonchev–Trinajstić information content (AvgIpc) is 2.56. The average molecular weight is 371 g/mol. The fourth-order valence-corrected chi connectivity index (χ4v) is 2.22. The number of alkyl halides is 2. The molecule has 2 aromatic carbocycles. The number of anilines is 1. The molecule has 8 heteroatoms. The van der Waals surface area contributed by atoms with Crippen molar-refractivity contribution >= 4 is 23.3 Å². The number of urea groups is 1. The second-order valence-electron chi connectivity index (χ2n) is 5.16. The lowest BCUT2D eigenvalue weighted by atomic mass is 10.2. The monoisotopic (exact) mass is 370 g/mol. The van der Waals surface area contributed by atoms with Crippen LogP contribution in [0.2, 0.25) is 5.02 Å². The van der Waals surface area contributed by atoms with Crippen LogP contribution < -0.4 is 14.8 Å². The lowest BCUT2D eigenvalue weighted by molar-refractivity contribution is -0.0511. The van der Waals surface area contributed by atoms with E-state index in [1.54, 1.807) is 19.2 Å². The second kappa shape index (κ2) is 8.53. The SMILES string of the molecule is COc1ccc(NC(=O)N(C)Cc2ccc(Cl)cc2)cc1OC(F)F. The molecular formula is C17H17ClF2N2O3. The third-order valence-corrected chi connectivity index (χ3v) is 3.56. The number of benzene rings is 2. The molecule has 5 nitrogen and oxygen atoms in total. The van der Waals surface area contributed by atoms with Crippen molar-refractivity contribution in [3.8, 4) is 11.5 Å². The maximum atomic E-state index is 12.4. The Morgan fingerprint density at radius 1 is 1.20 bits per heavy atom. The van der Waals surface area contributed by atoms with E-state index in [1.165, 1.54) is 30.2 Å². The molecule has 2 amide bonds. The molecule has 0 aliphatic carbocycles. The largest absolute Gasteiger partial charge is 0.493 e. The summed E-state index contributed by atoms with van der Waals surface area (Å²) in [5.74, 6) is -0.0107. The topological polar surface area (TPSA) is 50.8 Å². The number of hydrogen-bond acceptors (Lipinski definition) is 3. The Balaban J connectivity index is 2.04. The van der Waals surface area contributed by atoms with Gasteiger partial charge in [0.05, 0.1) is 7.11 Å². The molecule has 0 saturated carbocycles. The molecule has 1 N–H and O–H groups in total. The van der Waals surface area contributed by atoms with Crippen LogP contribution >= 0.6 is 11.6 Å². The van der Waals surface area contributed by atoms with E-state index >= 15 is 0 Å². The van der Waals surface area contributed by atoms with Gasteiger partial charge in [-0.2, -0.15) is 8.78 Å². The summed E-state index contributed by atoms with van der Waals surface area (Å²) in [6.45, 7) is -2.63. The molecule has 0 unspecified atom stereocenters. The third kappa shape index (κ3) is 5.49. The maximum absolute atomic E-state index is 12.4. The van der Waals surface area contributed by atoms with E-state index in [0.717, 1.165) is 5.56 Å². The van der Waals surface area contributed by atoms with Gasteiger partial charge in [-0.3, -0.25) is 0 Å². The first-order valence-corrected chi connectivity index (χ1v) is 7.66. The van der Waals surface area contributed by atoms with E-state index in [9.17, 15) is 13.6 Å². The highest BCUT2D eigenvalue weighted by atomic mass is 35.5. The van der Waals surface area contributed by atoms with Gasteiger partial charge in [-0.25, -0.2) is 4.79 Å². The van der Waals surface area contributed by atoms with Crippen molar-refractivity contribution in [2.45, 2.75) is 13.2 Å². The van der Waals surface area contributed by atoms with Crippen LogP contribution in [0.5, 0.6) is 11.5 Å². The van der Waals surface area contributed by atoms with Crippen LogP contribution in [0, 0.1) is 0 Å². The first-order valence-electron chi connectivity index (χ1n) is 7.28. The van der Waals surface area contributed by atoms with E-state index in [4.69, 9.17) is 16.3 Å². The first-order chi connectivity index (χ1) is 11.9. The zero-order valence-corrected chi connectivity index (χ0v) is 14.4. The molecule has 0 fully saturated rings. The molecule has 0 aromatic heterocycles. The van der Waals surface area contributed by atoms with Crippen LogP contribution in [-0.4, -0.2) is 31.7 Å². The highest BCUT2D eigenvalue weighted by Gasteiger charge is 2.14. The molecular weight excluding hydrogens is 354 g/mol. The van der Waals surface area contributed by atoms with Gasteiger partial charge in [0.25, 0.3) is 0 Å². The van der Waals surface area contributed by atoms with Gasteiger partial charge in [-0.15, -0.1) is 0 Å². The number of halogens is 3. The van der Waals surface area contributed by atoms with Crippen LogP contribution in [0.1, 0.15) is 5.56 Å².